The van der Waals surface area contributed by atoms with Crippen LogP contribution in [0.3, 0.4) is 0 Å². The summed E-state index contributed by atoms with van der Waals surface area (Å²) < 4.78 is 0. The molecule has 1 amide bonds. The summed E-state index contributed by atoms with van der Waals surface area (Å²) in [7, 11) is 9.72. The second-order valence-electron chi connectivity index (χ2n) is 4.54. The molecule has 0 spiro atoms. The maximum Gasteiger partial charge on any atom is 0.253 e. The number of hydrogen-bond donors (Lipinski definition) is 0. The molecule has 5 heteroatoms. The van der Waals surface area contributed by atoms with E-state index in [9.17, 15) is 4.79 Å². The summed E-state index contributed by atoms with van der Waals surface area (Å²) in [5.41, 5.74) is 0.760. The van der Waals surface area contributed by atoms with E-state index in [2.05, 4.69) is 19.0 Å². The SMILES string of the molecule is CN(C)CCSSCCN(C)C(=O)c1ccccc1. The molecule has 0 aliphatic carbocycles. The summed E-state index contributed by atoms with van der Waals surface area (Å²) in [5.74, 6) is 2.18. The Hall–Kier alpha value is -0.650. The van der Waals surface area contributed by atoms with Crippen LogP contribution in [0.2, 0.25) is 0 Å². The van der Waals surface area contributed by atoms with Crippen molar-refractivity contribution in [2.45, 2.75) is 0 Å². The van der Waals surface area contributed by atoms with Gasteiger partial charge >= 0.3 is 0 Å². The Bertz CT molecular complexity index is 371. The molecule has 1 rings (SSSR count). The number of hydrogen-bond acceptors (Lipinski definition) is 4. The van der Waals surface area contributed by atoms with Crippen molar-refractivity contribution in [1.29, 1.82) is 0 Å². The molecular weight excluding hydrogens is 276 g/mol. The zero-order valence-corrected chi connectivity index (χ0v) is 13.5. The first-order valence-electron chi connectivity index (χ1n) is 6.31. The fourth-order valence-electron chi connectivity index (χ4n) is 1.41. The first-order valence-corrected chi connectivity index (χ1v) is 8.79. The van der Waals surface area contributed by atoms with Crippen molar-refractivity contribution in [2.75, 3.05) is 45.7 Å². The summed E-state index contributed by atoms with van der Waals surface area (Å²) >= 11 is 0. The lowest BCUT2D eigenvalue weighted by atomic mass is 10.2. The Morgan fingerprint density at radius 2 is 1.58 bits per heavy atom. The fourth-order valence-corrected chi connectivity index (χ4v) is 3.59. The lowest BCUT2D eigenvalue weighted by molar-refractivity contribution is 0.0804. The van der Waals surface area contributed by atoms with Gasteiger partial charge in [0.25, 0.3) is 5.91 Å². The van der Waals surface area contributed by atoms with Crippen LogP contribution in [0.4, 0.5) is 0 Å². The van der Waals surface area contributed by atoms with Crippen molar-refractivity contribution in [2.24, 2.45) is 0 Å². The molecule has 0 fully saturated rings. The Labute approximate surface area is 124 Å². The predicted octanol–water partition coefficient (Wildman–Crippen LogP) is 2.70. The zero-order chi connectivity index (χ0) is 14.1. The van der Waals surface area contributed by atoms with E-state index in [-0.39, 0.29) is 5.91 Å². The molecule has 0 saturated carbocycles. The van der Waals surface area contributed by atoms with Gasteiger partial charge in [-0.15, -0.1) is 0 Å². The molecule has 1 aromatic carbocycles. The third-order valence-corrected chi connectivity index (χ3v) is 4.95. The van der Waals surface area contributed by atoms with Gasteiger partial charge in [0, 0.05) is 37.2 Å². The van der Waals surface area contributed by atoms with Crippen LogP contribution < -0.4 is 0 Å². The second kappa shape index (κ2) is 9.28. The highest BCUT2D eigenvalue weighted by atomic mass is 33.1. The number of rotatable bonds is 8. The van der Waals surface area contributed by atoms with Crippen molar-refractivity contribution >= 4 is 27.5 Å². The van der Waals surface area contributed by atoms with E-state index in [1.165, 1.54) is 0 Å². The molecule has 0 unspecified atom stereocenters. The summed E-state index contributed by atoms with van der Waals surface area (Å²) in [6.45, 7) is 1.88. The molecule has 19 heavy (non-hydrogen) atoms. The molecule has 1 aromatic rings. The molecule has 0 atom stereocenters. The van der Waals surface area contributed by atoms with E-state index < -0.39 is 0 Å². The van der Waals surface area contributed by atoms with Crippen LogP contribution in [0.15, 0.2) is 30.3 Å². The van der Waals surface area contributed by atoms with Gasteiger partial charge in [0.2, 0.25) is 0 Å². The molecule has 0 heterocycles. The number of carbonyl (C=O) groups is 1. The minimum absolute atomic E-state index is 0.0968. The van der Waals surface area contributed by atoms with Crippen LogP contribution in [0.1, 0.15) is 10.4 Å². The standard InChI is InChI=1S/C14H22N2OS2/c1-15(2)9-11-18-19-12-10-16(3)14(17)13-7-5-4-6-8-13/h4-8H,9-12H2,1-3H3. The van der Waals surface area contributed by atoms with E-state index in [1.54, 1.807) is 4.90 Å². The summed E-state index contributed by atoms with van der Waals surface area (Å²) in [5, 5.41) is 0. The maximum atomic E-state index is 12.1. The lowest BCUT2D eigenvalue weighted by Crippen LogP contribution is -2.28. The fraction of sp³-hybridized carbons (Fsp3) is 0.500. The van der Waals surface area contributed by atoms with Gasteiger partial charge in [-0.1, -0.05) is 39.8 Å². The van der Waals surface area contributed by atoms with E-state index in [1.807, 2.05) is 59.0 Å². The molecule has 0 bridgehead atoms. The van der Waals surface area contributed by atoms with Crippen LogP contribution in [0.25, 0.3) is 0 Å². The zero-order valence-electron chi connectivity index (χ0n) is 11.8. The Morgan fingerprint density at radius 1 is 1.00 bits per heavy atom. The molecule has 0 aromatic heterocycles. The van der Waals surface area contributed by atoms with E-state index in [0.717, 1.165) is 30.2 Å². The van der Waals surface area contributed by atoms with Crippen LogP contribution in [-0.4, -0.2) is 61.4 Å². The summed E-state index contributed by atoms with van der Waals surface area (Å²) in [6.07, 6.45) is 0. The normalized spacial score (nSPS) is 10.7. The van der Waals surface area contributed by atoms with Gasteiger partial charge in [0.05, 0.1) is 0 Å². The van der Waals surface area contributed by atoms with Crippen molar-refractivity contribution in [3.8, 4) is 0 Å². The van der Waals surface area contributed by atoms with E-state index >= 15 is 0 Å². The molecule has 0 saturated heterocycles. The van der Waals surface area contributed by atoms with Gasteiger partial charge in [-0.25, -0.2) is 0 Å². The second-order valence-corrected chi connectivity index (χ2v) is 7.24. The maximum absolute atomic E-state index is 12.1. The topological polar surface area (TPSA) is 23.6 Å². The number of carbonyl (C=O) groups excluding carboxylic acids is 1. The average Bonchev–Trinajstić information content (AvgIpc) is 2.42. The van der Waals surface area contributed by atoms with Gasteiger partial charge in [-0.05, 0) is 26.2 Å². The number of benzene rings is 1. The Balaban J connectivity index is 2.17. The predicted molar refractivity (Wildman–Crippen MR) is 86.9 cm³/mol. The molecule has 0 aliphatic rings. The largest absolute Gasteiger partial charge is 0.341 e. The number of nitrogens with zero attached hydrogens (tertiary/aromatic N) is 2. The van der Waals surface area contributed by atoms with Crippen molar-refractivity contribution in [3.63, 3.8) is 0 Å². The van der Waals surface area contributed by atoms with E-state index in [0.29, 0.717) is 0 Å². The van der Waals surface area contributed by atoms with Crippen molar-refractivity contribution < 1.29 is 4.79 Å². The lowest BCUT2D eigenvalue weighted by Gasteiger charge is -2.16. The van der Waals surface area contributed by atoms with Crippen LogP contribution in [0.5, 0.6) is 0 Å². The van der Waals surface area contributed by atoms with Crippen LogP contribution in [-0.2, 0) is 0 Å². The number of amides is 1. The highest BCUT2D eigenvalue weighted by molar-refractivity contribution is 8.76. The molecule has 3 nitrogen and oxygen atoms in total. The van der Waals surface area contributed by atoms with Gasteiger partial charge in [0.15, 0.2) is 0 Å². The third kappa shape index (κ3) is 6.89. The third-order valence-electron chi connectivity index (χ3n) is 2.58. The van der Waals surface area contributed by atoms with Gasteiger partial charge in [0.1, 0.15) is 0 Å². The van der Waals surface area contributed by atoms with Gasteiger partial charge < -0.3 is 9.80 Å². The van der Waals surface area contributed by atoms with Gasteiger partial charge in [-0.2, -0.15) is 0 Å². The smallest absolute Gasteiger partial charge is 0.253 e. The minimum Gasteiger partial charge on any atom is -0.341 e. The molecule has 106 valence electrons. The van der Waals surface area contributed by atoms with Crippen molar-refractivity contribution in [3.05, 3.63) is 35.9 Å². The van der Waals surface area contributed by atoms with Crippen LogP contribution in [0, 0.1) is 0 Å². The average molecular weight is 298 g/mol. The Kier molecular flexibility index (Phi) is 8.02. The minimum atomic E-state index is 0.0968. The monoisotopic (exact) mass is 298 g/mol. The highest BCUT2D eigenvalue weighted by Crippen LogP contribution is 2.20. The molecule has 0 N–H and O–H groups in total. The first-order chi connectivity index (χ1) is 9.11. The van der Waals surface area contributed by atoms with Crippen molar-refractivity contribution in [1.82, 2.24) is 9.80 Å². The molecular formula is C14H22N2OS2. The summed E-state index contributed by atoms with van der Waals surface area (Å²) in [4.78, 5) is 16.0. The molecule has 0 radical (unpaired) electrons. The summed E-state index contributed by atoms with van der Waals surface area (Å²) in [6, 6.07) is 9.43. The van der Waals surface area contributed by atoms with Gasteiger partial charge in [-0.3, -0.25) is 4.79 Å². The van der Waals surface area contributed by atoms with E-state index in [4.69, 9.17) is 0 Å². The first kappa shape index (κ1) is 16.4. The Morgan fingerprint density at radius 3 is 2.16 bits per heavy atom. The quantitative estimate of drug-likeness (QED) is 0.544. The molecule has 0 aliphatic heterocycles. The van der Waals surface area contributed by atoms with Crippen LogP contribution >= 0.6 is 21.6 Å². The highest BCUT2D eigenvalue weighted by Gasteiger charge is 2.10.